The van der Waals surface area contributed by atoms with Crippen LogP contribution < -0.4 is 10.6 Å². The molecule has 1 heterocycles. The fraction of sp³-hybridized carbons (Fsp3) is 0.526. The number of carboxylic acid groups (broad SMARTS) is 1. The topological polar surface area (TPSA) is 105 Å². The molecule has 0 radical (unpaired) electrons. The molecule has 3 N–H and O–H groups in total. The van der Waals surface area contributed by atoms with E-state index in [1.807, 2.05) is 12.3 Å². The molecule has 7 nitrogen and oxygen atoms in total. The van der Waals surface area contributed by atoms with E-state index in [0.29, 0.717) is 43.8 Å². The highest BCUT2D eigenvalue weighted by Gasteiger charge is 2.40. The Morgan fingerprint density at radius 2 is 1.89 bits per heavy atom. The average molecular weight is 394 g/mol. The molecular formula is C19H26N2O5S. The van der Waals surface area contributed by atoms with Gasteiger partial charge in [-0.15, -0.1) is 0 Å². The molecule has 1 fully saturated rings. The van der Waals surface area contributed by atoms with Gasteiger partial charge in [-0.1, -0.05) is 18.2 Å². The SMILES string of the molecule is CSCCC(NC(=O)c1ccccc1)C(=O)NCC1(C(=O)O)CCOCC1. The summed E-state index contributed by atoms with van der Waals surface area (Å²) in [7, 11) is 0. The predicted octanol–water partition coefficient (Wildman–Crippen LogP) is 1.54. The molecular weight excluding hydrogens is 368 g/mol. The van der Waals surface area contributed by atoms with Crippen LogP contribution in [0.15, 0.2) is 30.3 Å². The first kappa shape index (κ1) is 21.2. The third kappa shape index (κ3) is 5.97. The largest absolute Gasteiger partial charge is 0.481 e. The molecule has 1 aromatic carbocycles. The number of carbonyl (C=O) groups excluding carboxylic acids is 2. The number of benzene rings is 1. The fourth-order valence-electron chi connectivity index (χ4n) is 2.94. The fourth-order valence-corrected chi connectivity index (χ4v) is 3.41. The van der Waals surface area contributed by atoms with Gasteiger partial charge >= 0.3 is 5.97 Å². The number of nitrogens with one attached hydrogen (secondary N) is 2. The number of thioether (sulfide) groups is 1. The van der Waals surface area contributed by atoms with E-state index in [9.17, 15) is 19.5 Å². The zero-order valence-electron chi connectivity index (χ0n) is 15.4. The first-order valence-corrected chi connectivity index (χ1v) is 10.3. The van der Waals surface area contributed by atoms with Gasteiger partial charge in [-0.05, 0) is 43.4 Å². The Morgan fingerprint density at radius 1 is 1.22 bits per heavy atom. The van der Waals surface area contributed by atoms with Gasteiger partial charge in [0.05, 0.1) is 5.41 Å². The highest BCUT2D eigenvalue weighted by atomic mass is 32.2. The Labute approximate surface area is 163 Å². The van der Waals surface area contributed by atoms with Gasteiger partial charge in [-0.3, -0.25) is 14.4 Å². The number of rotatable bonds is 9. The standard InChI is InChI=1S/C19H26N2O5S/c1-27-12-7-15(21-16(22)14-5-3-2-4-6-14)17(23)20-13-19(18(24)25)8-10-26-11-9-19/h2-6,15H,7-13H2,1H3,(H,20,23)(H,21,22)(H,24,25). The van der Waals surface area contributed by atoms with Crippen LogP contribution in [0, 0.1) is 5.41 Å². The second-order valence-electron chi connectivity index (χ2n) is 6.59. The molecule has 2 amide bonds. The maximum absolute atomic E-state index is 12.7. The van der Waals surface area contributed by atoms with Gasteiger partial charge in [0.2, 0.25) is 5.91 Å². The van der Waals surface area contributed by atoms with E-state index >= 15 is 0 Å². The molecule has 0 aliphatic carbocycles. The maximum atomic E-state index is 12.7. The highest BCUT2D eigenvalue weighted by molar-refractivity contribution is 7.98. The molecule has 1 aromatic rings. The van der Waals surface area contributed by atoms with Gasteiger partial charge < -0.3 is 20.5 Å². The molecule has 1 unspecified atom stereocenters. The summed E-state index contributed by atoms with van der Waals surface area (Å²) < 4.78 is 5.25. The molecule has 1 aliphatic rings. The van der Waals surface area contributed by atoms with E-state index < -0.39 is 17.4 Å². The van der Waals surface area contributed by atoms with Gasteiger partial charge in [0.15, 0.2) is 0 Å². The quantitative estimate of drug-likeness (QED) is 0.587. The lowest BCUT2D eigenvalue weighted by Crippen LogP contribution is -2.52. The minimum Gasteiger partial charge on any atom is -0.481 e. The molecule has 0 aromatic heterocycles. The summed E-state index contributed by atoms with van der Waals surface area (Å²) >= 11 is 1.58. The Hall–Kier alpha value is -2.06. The number of ether oxygens (including phenoxy) is 1. The minimum absolute atomic E-state index is 0.0293. The van der Waals surface area contributed by atoms with Crippen LogP contribution >= 0.6 is 11.8 Å². The molecule has 2 rings (SSSR count). The smallest absolute Gasteiger partial charge is 0.311 e. The Kier molecular flexibility index (Phi) is 8.12. The lowest BCUT2D eigenvalue weighted by Gasteiger charge is -2.33. The molecule has 8 heteroatoms. The van der Waals surface area contributed by atoms with Crippen LogP contribution in [0.25, 0.3) is 0 Å². The normalized spacial score (nSPS) is 16.9. The lowest BCUT2D eigenvalue weighted by atomic mass is 9.80. The van der Waals surface area contributed by atoms with E-state index in [2.05, 4.69) is 10.6 Å². The Morgan fingerprint density at radius 3 is 2.48 bits per heavy atom. The van der Waals surface area contributed by atoms with E-state index in [-0.39, 0.29) is 18.4 Å². The van der Waals surface area contributed by atoms with Crippen molar-refractivity contribution in [3.8, 4) is 0 Å². The van der Waals surface area contributed by atoms with Gasteiger partial charge in [0, 0.05) is 25.3 Å². The molecule has 148 valence electrons. The number of carboxylic acids is 1. The summed E-state index contributed by atoms with van der Waals surface area (Å²) in [5.41, 5.74) is -0.535. The van der Waals surface area contributed by atoms with E-state index in [0.717, 1.165) is 0 Å². The van der Waals surface area contributed by atoms with E-state index in [1.165, 1.54) is 0 Å². The first-order chi connectivity index (χ1) is 13.0. The van der Waals surface area contributed by atoms with E-state index in [4.69, 9.17) is 4.74 Å². The summed E-state index contributed by atoms with van der Waals surface area (Å²) in [5.74, 6) is -0.915. The maximum Gasteiger partial charge on any atom is 0.311 e. The van der Waals surface area contributed by atoms with Gasteiger partial charge in [0.1, 0.15) is 6.04 Å². The van der Waals surface area contributed by atoms with Crippen molar-refractivity contribution in [2.24, 2.45) is 5.41 Å². The highest BCUT2D eigenvalue weighted by Crippen LogP contribution is 2.30. The van der Waals surface area contributed by atoms with Crippen LogP contribution in [0.2, 0.25) is 0 Å². The molecule has 27 heavy (non-hydrogen) atoms. The monoisotopic (exact) mass is 394 g/mol. The van der Waals surface area contributed by atoms with Crippen molar-refractivity contribution in [2.45, 2.75) is 25.3 Å². The second kappa shape index (κ2) is 10.3. The van der Waals surface area contributed by atoms with Crippen molar-refractivity contribution >= 4 is 29.5 Å². The lowest BCUT2D eigenvalue weighted by molar-refractivity contribution is -0.154. The van der Waals surface area contributed by atoms with E-state index in [1.54, 1.807) is 36.0 Å². The molecule has 1 aliphatic heterocycles. The number of hydrogen-bond acceptors (Lipinski definition) is 5. The van der Waals surface area contributed by atoms with Gasteiger partial charge in [0.25, 0.3) is 5.91 Å². The second-order valence-corrected chi connectivity index (χ2v) is 7.57. The van der Waals surface area contributed by atoms with Crippen LogP contribution in [-0.2, 0) is 14.3 Å². The van der Waals surface area contributed by atoms with Crippen molar-refractivity contribution in [1.29, 1.82) is 0 Å². The Bertz CT molecular complexity index is 647. The summed E-state index contributed by atoms with van der Waals surface area (Å²) in [4.78, 5) is 36.8. The number of carbonyl (C=O) groups is 3. The van der Waals surface area contributed by atoms with Crippen LogP contribution in [0.4, 0.5) is 0 Å². The van der Waals surface area contributed by atoms with Crippen LogP contribution in [0.3, 0.4) is 0 Å². The molecule has 1 saturated heterocycles. The van der Waals surface area contributed by atoms with Crippen molar-refractivity contribution in [3.63, 3.8) is 0 Å². The average Bonchev–Trinajstić information content (AvgIpc) is 2.70. The number of aliphatic carboxylic acids is 1. The summed E-state index contributed by atoms with van der Waals surface area (Å²) in [5, 5.41) is 15.1. The molecule has 1 atom stereocenters. The molecule has 0 bridgehead atoms. The summed E-state index contributed by atoms with van der Waals surface area (Å²) in [6.07, 6.45) is 3.10. The zero-order chi connectivity index (χ0) is 19.7. The number of amides is 2. The van der Waals surface area contributed by atoms with Crippen molar-refractivity contribution in [1.82, 2.24) is 10.6 Å². The van der Waals surface area contributed by atoms with Crippen LogP contribution in [-0.4, -0.2) is 60.7 Å². The van der Waals surface area contributed by atoms with Gasteiger partial charge in [-0.25, -0.2) is 0 Å². The molecule has 0 saturated carbocycles. The predicted molar refractivity (Wildman–Crippen MR) is 104 cm³/mol. The van der Waals surface area contributed by atoms with Crippen LogP contribution in [0.5, 0.6) is 0 Å². The van der Waals surface area contributed by atoms with Gasteiger partial charge in [-0.2, -0.15) is 11.8 Å². The first-order valence-electron chi connectivity index (χ1n) is 8.92. The third-order valence-electron chi connectivity index (χ3n) is 4.77. The van der Waals surface area contributed by atoms with Crippen molar-refractivity contribution in [3.05, 3.63) is 35.9 Å². The Balaban J connectivity index is 2.01. The zero-order valence-corrected chi connectivity index (χ0v) is 16.2. The van der Waals surface area contributed by atoms with Crippen molar-refractivity contribution < 1.29 is 24.2 Å². The number of hydrogen-bond donors (Lipinski definition) is 3. The van der Waals surface area contributed by atoms with Crippen LogP contribution in [0.1, 0.15) is 29.6 Å². The third-order valence-corrected chi connectivity index (χ3v) is 5.42. The summed E-state index contributed by atoms with van der Waals surface area (Å²) in [6.45, 7) is 0.757. The minimum atomic E-state index is -1.01. The molecule has 0 spiro atoms. The summed E-state index contributed by atoms with van der Waals surface area (Å²) in [6, 6.07) is 7.98. The van der Waals surface area contributed by atoms with Crippen molar-refractivity contribution in [2.75, 3.05) is 31.8 Å².